The lowest BCUT2D eigenvalue weighted by Crippen LogP contribution is -2.52. The summed E-state index contributed by atoms with van der Waals surface area (Å²) < 4.78 is 16.9. The van der Waals surface area contributed by atoms with Crippen LogP contribution in [-0.2, 0) is 30.5 Å². The fourth-order valence-corrected chi connectivity index (χ4v) is 11.2. The summed E-state index contributed by atoms with van der Waals surface area (Å²) in [6.07, 6.45) is -1.03. The number of halogens is 2. The number of anilines is 3. The third-order valence-electron chi connectivity index (χ3n) is 13.6. The molecule has 0 radical (unpaired) electrons. The van der Waals surface area contributed by atoms with Gasteiger partial charge in [0.05, 0.1) is 34.2 Å². The third kappa shape index (κ3) is 13.2. The van der Waals surface area contributed by atoms with E-state index in [0.29, 0.717) is 39.8 Å². The van der Waals surface area contributed by atoms with Gasteiger partial charge in [0.15, 0.2) is 0 Å². The summed E-state index contributed by atoms with van der Waals surface area (Å²) >= 11 is 14.1. The first-order chi connectivity index (χ1) is 38.4. The van der Waals surface area contributed by atoms with Gasteiger partial charge in [0.2, 0.25) is 24.1 Å². The molecule has 6 aromatic rings. The van der Waals surface area contributed by atoms with Gasteiger partial charge >= 0.3 is 20.8 Å². The van der Waals surface area contributed by atoms with Crippen LogP contribution >= 0.6 is 43.1 Å². The fourth-order valence-electron chi connectivity index (χ4n) is 9.51. The molecule has 25 heteroatoms. The van der Waals surface area contributed by atoms with E-state index in [0.717, 1.165) is 33.2 Å². The van der Waals surface area contributed by atoms with Crippen LogP contribution in [0.4, 0.5) is 26.7 Å². The van der Waals surface area contributed by atoms with Crippen molar-refractivity contribution in [3.63, 3.8) is 0 Å². The molecule has 5 aromatic carbocycles. The van der Waals surface area contributed by atoms with Gasteiger partial charge in [-0.25, -0.2) is 9.59 Å². The Kier molecular flexibility index (Phi) is 19.1. The number of amides is 8. The van der Waals surface area contributed by atoms with Crippen LogP contribution in [-0.4, -0.2) is 139 Å². The van der Waals surface area contributed by atoms with Crippen LogP contribution in [0, 0.1) is 5.92 Å². The Morgan fingerprint density at radius 2 is 1.25 bits per heavy atom. The standard InChI is InChI=1S/C55H57Cl2N8O13PS/c1-31(2)50(61-46(67)25-58-30-66)51(69)59-26-47(68)60-35-15-13-32(14-16-35)29-76-54(72)62(3)19-20-63(4)55(73)77-42-21-40-48(38-11-7-5-9-36(38)42)33(23-56)27-64(40)52(70)44-17-18-45(80-44)53(71)65-28-34(24-57)49-39-12-8-6-10-37(39)43(22-41(49)65)78-79(74)75/h5-18,21-22,30-31,33-34,50,74-75H,19-20,23-29H2,1-4H3,(H,58,66)(H,59,69)(H,60,68)(H,61,67)/t33-,34?,50?/m1/s1. The number of nitrogens with zero attached hydrogens (tertiary/aromatic N) is 4. The van der Waals surface area contributed by atoms with Crippen molar-refractivity contribution in [2.24, 2.45) is 5.92 Å². The van der Waals surface area contributed by atoms with Crippen molar-refractivity contribution in [1.82, 2.24) is 25.8 Å². The van der Waals surface area contributed by atoms with Crippen LogP contribution in [0.25, 0.3) is 21.5 Å². The zero-order chi connectivity index (χ0) is 57.4. The van der Waals surface area contributed by atoms with Gasteiger partial charge < -0.3 is 64.7 Å². The maximum Gasteiger partial charge on any atom is 0.415 e. The Balaban J connectivity index is 0.869. The maximum absolute atomic E-state index is 14.6. The minimum atomic E-state index is -2.76. The van der Waals surface area contributed by atoms with Crippen molar-refractivity contribution in [2.45, 2.75) is 38.3 Å². The minimum absolute atomic E-state index is 0.0553. The molecule has 0 aliphatic carbocycles. The molecule has 21 nitrogen and oxygen atoms in total. The second-order valence-electron chi connectivity index (χ2n) is 19.3. The molecule has 420 valence electrons. The Hall–Kier alpha value is -7.59. The van der Waals surface area contributed by atoms with Gasteiger partial charge in [0, 0.05) is 92.5 Å². The molecule has 8 rings (SSSR count). The summed E-state index contributed by atoms with van der Waals surface area (Å²) in [6.45, 7) is 3.26. The molecule has 0 saturated carbocycles. The van der Waals surface area contributed by atoms with Crippen molar-refractivity contribution >= 4 is 130 Å². The zero-order valence-electron chi connectivity index (χ0n) is 43.8. The summed E-state index contributed by atoms with van der Waals surface area (Å²) in [5.41, 5.74) is 3.67. The zero-order valence-corrected chi connectivity index (χ0v) is 47.0. The first-order valence-electron chi connectivity index (χ1n) is 25.2. The molecule has 0 fully saturated rings. The van der Waals surface area contributed by atoms with Crippen LogP contribution in [0.15, 0.2) is 97.1 Å². The second kappa shape index (κ2) is 26.1. The molecular weight excluding hydrogens is 1110 g/mol. The van der Waals surface area contributed by atoms with Crippen molar-refractivity contribution in [2.75, 3.05) is 80.2 Å². The van der Waals surface area contributed by atoms with Crippen LogP contribution < -0.4 is 40.3 Å². The van der Waals surface area contributed by atoms with E-state index in [9.17, 15) is 48.1 Å². The number of hydrogen-bond acceptors (Lipinski definition) is 14. The lowest BCUT2D eigenvalue weighted by Gasteiger charge is -2.23. The third-order valence-corrected chi connectivity index (χ3v) is 15.7. The van der Waals surface area contributed by atoms with E-state index in [4.69, 9.17) is 37.2 Å². The van der Waals surface area contributed by atoms with Gasteiger partial charge in [-0.2, -0.15) is 0 Å². The Bertz CT molecular complexity index is 3350. The maximum atomic E-state index is 14.6. The highest BCUT2D eigenvalue weighted by Crippen LogP contribution is 2.49. The molecule has 0 spiro atoms. The average molecular weight is 1170 g/mol. The van der Waals surface area contributed by atoms with Crippen LogP contribution in [0.5, 0.6) is 11.5 Å². The van der Waals surface area contributed by atoms with E-state index in [1.165, 1.54) is 23.9 Å². The van der Waals surface area contributed by atoms with E-state index in [1.807, 2.05) is 30.3 Å². The highest BCUT2D eigenvalue weighted by atomic mass is 35.5. The topological polar surface area (TPSA) is 266 Å². The van der Waals surface area contributed by atoms with Crippen molar-refractivity contribution in [3.8, 4) is 11.5 Å². The van der Waals surface area contributed by atoms with E-state index in [2.05, 4.69) is 21.3 Å². The normalized spacial score (nSPS) is 14.8. The molecule has 2 aliphatic heterocycles. The molecule has 6 N–H and O–H groups in total. The fraction of sp³-hybridized carbons (Fsp3) is 0.309. The number of carbonyl (C=O) groups is 8. The van der Waals surface area contributed by atoms with E-state index in [-0.39, 0.29) is 103 Å². The first kappa shape index (κ1) is 58.6. The number of likely N-dealkylation sites (N-methyl/N-ethyl adjacent to an activating group) is 2. The number of alkyl halides is 2. The van der Waals surface area contributed by atoms with E-state index in [1.54, 1.807) is 90.4 Å². The highest BCUT2D eigenvalue weighted by molar-refractivity contribution is 7.39. The summed E-state index contributed by atoms with van der Waals surface area (Å²) in [7, 11) is 0.277. The van der Waals surface area contributed by atoms with Gasteiger partial charge in [-0.1, -0.05) is 74.5 Å². The minimum Gasteiger partial charge on any atom is -0.445 e. The predicted molar refractivity (Wildman–Crippen MR) is 305 cm³/mol. The molecule has 0 bridgehead atoms. The number of benzene rings is 5. The predicted octanol–water partition coefficient (Wildman–Crippen LogP) is 7.25. The smallest absolute Gasteiger partial charge is 0.415 e. The Labute approximate surface area is 475 Å². The summed E-state index contributed by atoms with van der Waals surface area (Å²) in [5.74, 6) is -2.45. The Morgan fingerprint density at radius 1 is 0.725 bits per heavy atom. The van der Waals surface area contributed by atoms with Crippen molar-refractivity contribution in [3.05, 3.63) is 124 Å². The molecule has 0 saturated heterocycles. The molecule has 2 aliphatic rings. The van der Waals surface area contributed by atoms with Crippen LogP contribution in [0.2, 0.25) is 0 Å². The average Bonchev–Trinajstić information content (AvgIpc) is 4.32. The van der Waals surface area contributed by atoms with Gasteiger partial charge in [0.1, 0.15) is 24.1 Å². The summed E-state index contributed by atoms with van der Waals surface area (Å²) in [4.78, 5) is 129. The summed E-state index contributed by atoms with van der Waals surface area (Å²) in [5, 5.41) is 12.7. The molecular formula is C55H57Cl2N8O13PS. The number of thiophene rings is 1. The molecule has 80 heavy (non-hydrogen) atoms. The largest absolute Gasteiger partial charge is 0.445 e. The molecule has 8 amide bonds. The number of ether oxygens (including phenoxy) is 2. The van der Waals surface area contributed by atoms with Crippen LogP contribution in [0.1, 0.15) is 61.7 Å². The van der Waals surface area contributed by atoms with Crippen LogP contribution in [0.3, 0.4) is 0 Å². The van der Waals surface area contributed by atoms with E-state index >= 15 is 0 Å². The lowest BCUT2D eigenvalue weighted by atomic mass is 9.95. The summed E-state index contributed by atoms with van der Waals surface area (Å²) in [6, 6.07) is 26.7. The number of carbonyl (C=O) groups excluding carboxylic acids is 8. The molecule has 1 aromatic heterocycles. The van der Waals surface area contributed by atoms with Gasteiger partial charge in [-0.15, -0.1) is 34.5 Å². The lowest BCUT2D eigenvalue weighted by molar-refractivity contribution is -0.130. The number of rotatable bonds is 21. The van der Waals surface area contributed by atoms with Crippen molar-refractivity contribution < 1.29 is 62.1 Å². The monoisotopic (exact) mass is 1170 g/mol. The molecule has 2 unspecified atom stereocenters. The van der Waals surface area contributed by atoms with Gasteiger partial charge in [0.25, 0.3) is 11.8 Å². The number of nitrogens with one attached hydrogen (secondary N) is 4. The van der Waals surface area contributed by atoms with Gasteiger partial charge in [-0.05, 0) is 57.6 Å². The van der Waals surface area contributed by atoms with E-state index < -0.39 is 50.5 Å². The second-order valence-corrected chi connectivity index (χ2v) is 21.7. The SMILES string of the molecule is CC(C)C(NC(=O)CNC=O)C(=O)NCC(=O)Nc1ccc(COC(=O)N(C)CCN(C)C(=O)Oc2cc3c(c4ccccc24)[C@H](CCl)CN3C(=O)c2ccc(C(=O)N3CC(CCl)c4c3cc(OP(O)O)c3ccccc43)s2)cc1. The van der Waals surface area contributed by atoms with Gasteiger partial charge in [-0.3, -0.25) is 28.8 Å². The molecule has 3 heterocycles. The first-order valence-corrected chi connectivity index (χ1v) is 28.2. The quantitative estimate of drug-likeness (QED) is 0.0236. The van der Waals surface area contributed by atoms with Crippen molar-refractivity contribution in [1.29, 1.82) is 0 Å². The number of hydrogen-bond donors (Lipinski definition) is 6. The number of fused-ring (bicyclic) bond motifs is 6. The Morgan fingerprint density at radius 3 is 1.77 bits per heavy atom. The highest BCUT2D eigenvalue weighted by Gasteiger charge is 2.39. The molecule has 3 atom stereocenters.